The number of carbonyl (C=O) groups excluding carboxylic acids is 20. The summed E-state index contributed by atoms with van der Waals surface area (Å²) in [4.78, 5) is 245. The molecular formula is C98H124Br2ClN5O30. The number of carbonyl (C=O) groups is 21. The van der Waals surface area contributed by atoms with Gasteiger partial charge >= 0.3 is 53.7 Å². The molecule has 0 bridgehead atoms. The largest absolute Gasteiger partial charge is 1.00 e. The third-order valence-corrected chi connectivity index (χ3v) is 19.3. The maximum Gasteiger partial charge on any atom is 0.362 e. The summed E-state index contributed by atoms with van der Waals surface area (Å²) >= 11 is 6.58. The molecule has 38 heteroatoms. The third kappa shape index (κ3) is 43.1. The van der Waals surface area contributed by atoms with E-state index in [1.54, 1.807) is 130 Å². The lowest BCUT2D eigenvalue weighted by atomic mass is 9.89. The maximum absolute atomic E-state index is 12.6. The minimum absolute atomic E-state index is 0. The molecule has 0 saturated carbocycles. The zero-order chi connectivity index (χ0) is 103. The molecule has 0 spiro atoms. The molecule has 0 aliphatic rings. The second kappa shape index (κ2) is 65.6. The van der Waals surface area contributed by atoms with Gasteiger partial charge in [-0.2, -0.15) is 0 Å². The van der Waals surface area contributed by atoms with E-state index in [2.05, 4.69) is 68.3 Å². The molecule has 6 aromatic carbocycles. The molecular weight excluding hydrogens is 1920 g/mol. The number of alkyl halides is 2. The van der Waals surface area contributed by atoms with Gasteiger partial charge in [0.1, 0.15) is 0 Å². The van der Waals surface area contributed by atoms with E-state index in [0.717, 1.165) is 22.0 Å². The van der Waals surface area contributed by atoms with Crippen LogP contribution < -0.4 is 39.4 Å². The summed E-state index contributed by atoms with van der Waals surface area (Å²) in [5.74, 6) is -12.3. The molecule has 0 heterocycles. The summed E-state index contributed by atoms with van der Waals surface area (Å²) in [6.45, 7) is 29.6. The topological polar surface area (TPSA) is 528 Å². The second-order valence-corrected chi connectivity index (χ2v) is 31.0. The number of hydrogen-bond acceptors (Lipinski definition) is 29. The maximum atomic E-state index is 12.6. The molecule has 4 amide bonds. The number of carboxylic acid groups (broad SMARTS) is 1. The van der Waals surface area contributed by atoms with E-state index in [0.29, 0.717) is 59.1 Å². The highest BCUT2D eigenvalue weighted by molar-refractivity contribution is 9.10. The highest BCUT2D eigenvalue weighted by Gasteiger charge is 2.53. The van der Waals surface area contributed by atoms with Gasteiger partial charge in [-0.15, -0.1) is 0 Å². The predicted octanol–water partition coefficient (Wildman–Crippen LogP) is 7.10. The Labute approximate surface area is 814 Å². The molecule has 2 atom stereocenters. The van der Waals surface area contributed by atoms with Crippen molar-refractivity contribution in [2.75, 3.05) is 52.9 Å². The van der Waals surface area contributed by atoms with Gasteiger partial charge in [-0.25, -0.2) is 43.2 Å². The lowest BCUT2D eigenvalue weighted by Gasteiger charge is -2.29. The number of halogens is 3. The molecule has 6 aromatic rings. The van der Waals surface area contributed by atoms with Crippen molar-refractivity contribution in [1.82, 2.24) is 21.3 Å². The number of Topliss-reactive ketones (excluding diaryl/α,β-unsaturated/α-hetero) is 8. The molecule has 0 aliphatic heterocycles. The average Bonchev–Trinajstić information content (AvgIpc) is 0.800. The van der Waals surface area contributed by atoms with Crippen molar-refractivity contribution in [3.8, 4) is 0 Å². The molecule has 6 rings (SSSR count). The number of aliphatic carboxylic acids is 1. The Balaban J connectivity index is 0. The fraction of sp³-hybridized carbons (Fsp3) is 0.418. The fourth-order valence-corrected chi connectivity index (χ4v) is 12.3. The number of carboxylic acids is 1. The fourth-order valence-electron chi connectivity index (χ4n) is 11.6. The summed E-state index contributed by atoms with van der Waals surface area (Å²) in [5.41, 5.74) is 5.38. The first-order valence-electron chi connectivity index (χ1n) is 43.1. The van der Waals surface area contributed by atoms with Crippen LogP contribution in [0.2, 0.25) is 0 Å². The number of hydrogen-bond donors (Lipinski definition) is 6. The quantitative estimate of drug-likeness (QED) is 0.00555. The van der Waals surface area contributed by atoms with Gasteiger partial charge in [-0.05, 0) is 97.1 Å². The Kier molecular flexibility index (Phi) is 60.3. The lowest BCUT2D eigenvalue weighted by Crippen LogP contribution is -3.00. The number of benzene rings is 6. The molecule has 0 saturated heterocycles. The van der Waals surface area contributed by atoms with Crippen LogP contribution in [0.5, 0.6) is 0 Å². The minimum Gasteiger partial charge on any atom is -1.00 e. The number of ether oxygens (including phenoxy) is 8. The number of rotatable bonds is 42. The first-order valence-corrected chi connectivity index (χ1v) is 45.2. The van der Waals surface area contributed by atoms with E-state index in [9.17, 15) is 101 Å². The van der Waals surface area contributed by atoms with Gasteiger partial charge in [-0.1, -0.05) is 204 Å². The second-order valence-electron chi connectivity index (χ2n) is 29.1. The van der Waals surface area contributed by atoms with Gasteiger partial charge in [0.15, 0.2) is 40.7 Å². The van der Waals surface area contributed by atoms with Crippen molar-refractivity contribution in [1.29, 1.82) is 0 Å². The summed E-state index contributed by atoms with van der Waals surface area (Å²) in [6.07, 6.45) is 1.29. The van der Waals surface area contributed by atoms with Crippen molar-refractivity contribution >= 4 is 155 Å². The zero-order valence-electron chi connectivity index (χ0n) is 80.0. The van der Waals surface area contributed by atoms with Crippen LogP contribution in [-0.4, -0.2) is 215 Å². The van der Waals surface area contributed by atoms with E-state index in [-0.39, 0.29) is 118 Å². The number of esters is 8. The molecule has 136 heavy (non-hydrogen) atoms. The molecule has 0 fully saturated rings. The Hall–Kier alpha value is -13.0. The highest BCUT2D eigenvalue weighted by Crippen LogP contribution is 2.25. The van der Waals surface area contributed by atoms with Crippen LogP contribution in [0.3, 0.4) is 0 Å². The first-order chi connectivity index (χ1) is 63.6. The number of aryl methyl sites for hydroxylation is 1. The number of nitrogens with one attached hydrogen (secondary N) is 4. The number of amides is 4. The van der Waals surface area contributed by atoms with Gasteiger partial charge in [0.05, 0.1) is 57.7 Å². The SMILES string of the molecule is CC(=O)C(=O)c1ccc(CC([NH3+])C(=O)O)cc1.CCC(=O)c1ccc(C)cc1.CCC(=O)c1ccc(CBr)cc1.CCOC(=O)C(Cc1ccc(C(=O)C(C)=O)cc1)(NC(C)=O)C(=O)OCC.CCOC(=O)C(Cc1ccc(C(=O)C(C)Br)cc1)(NC(C)=O)C(=O)OCC.CCOC(=O)C(Cc1ccc(C(=O)CC)cc1)(NC(C)=O)C(=O)OCC.CCOC(=O)C(NC(C)=O)C(=O)OCC.[Cl-]. The van der Waals surface area contributed by atoms with E-state index < -0.39 is 129 Å². The van der Waals surface area contributed by atoms with Gasteiger partial charge in [0, 0.05) is 125 Å². The minimum atomic E-state index is -2.05. The van der Waals surface area contributed by atoms with Crippen LogP contribution in [0.25, 0.3) is 0 Å². The van der Waals surface area contributed by atoms with E-state index in [1.165, 1.54) is 89.1 Å². The van der Waals surface area contributed by atoms with Crippen LogP contribution >= 0.6 is 31.9 Å². The first kappa shape index (κ1) is 125. The molecule has 0 aliphatic carbocycles. The number of quaternary nitrogens is 1. The molecule has 2 unspecified atom stereocenters. The van der Waals surface area contributed by atoms with Crippen LogP contribution in [0.1, 0.15) is 239 Å². The van der Waals surface area contributed by atoms with Crippen molar-refractivity contribution in [2.45, 2.75) is 215 Å². The average molecular weight is 2050 g/mol. The monoisotopic (exact) mass is 2040 g/mol. The normalized spacial score (nSPS) is 10.8. The standard InChI is InChI=1S/C19H24BrNO6.C19H23NO7.C19H25NO6.C12H13NO4.C10H11BrO.C10H12O.C9H15NO5.ClH/c1-5-26-17(24)19(21-13(4)22,18(25)27-6-2)11-14-7-9-15(10-8-14)16(23)12(3)20;1-5-26-17(24)19(20-13(4)22,18(25)27-6-2)11-14-7-9-15(10-8-14)16(23)12(3)21;1-5-16(22)15-10-8-14(9-11-15)12-19(20-13(4)21,17(23)25-6-2)18(24)26-7-3;1-7(14)11(15)9-4-2-8(3-5-9)6-10(13)12(16)17;1-2-10(12)9-5-3-8(7-11)4-6-9;1-3-10(11)9-6-4-8(2)5-7-9;1-4-14-8(12)7(10-6(3)11)9(13)15-5-2;/h7-10,12H,5-6,11H2,1-4H3,(H,21,22);7-10H,5-6,11H2,1-4H3,(H,20,22);8-11H,5-7,12H2,1-4H3,(H,20,21);2-5,10H,6,13H2,1H3,(H,16,17);3-6H,2,7H2,1H3;4-7H,3H2,1-2H3;7H,4-5H2,1-3H3,(H,10,11);1H. The predicted molar refractivity (Wildman–Crippen MR) is 502 cm³/mol. The van der Waals surface area contributed by atoms with E-state index >= 15 is 0 Å². The lowest BCUT2D eigenvalue weighted by molar-refractivity contribution is -0.407. The summed E-state index contributed by atoms with van der Waals surface area (Å²) in [5, 5.41) is 18.9. The Morgan fingerprint density at radius 1 is 0.346 bits per heavy atom. The Bertz CT molecular complexity index is 4950. The summed E-state index contributed by atoms with van der Waals surface area (Å²) < 4.78 is 39.3. The zero-order valence-corrected chi connectivity index (χ0v) is 84.0. The van der Waals surface area contributed by atoms with Gasteiger partial charge < -0.3 is 82.4 Å². The Morgan fingerprint density at radius 3 is 0.794 bits per heavy atom. The van der Waals surface area contributed by atoms with Gasteiger partial charge in [0.2, 0.25) is 57.9 Å². The summed E-state index contributed by atoms with van der Waals surface area (Å²) in [7, 11) is 0. The van der Waals surface area contributed by atoms with E-state index in [1.807, 2.05) is 69.3 Å². The van der Waals surface area contributed by atoms with Gasteiger partial charge in [0.25, 0.3) is 0 Å². The molecule has 35 nitrogen and oxygen atoms in total. The Morgan fingerprint density at radius 2 is 0.581 bits per heavy atom. The highest BCUT2D eigenvalue weighted by atomic mass is 79.9. The molecule has 0 radical (unpaired) electrons. The molecule has 742 valence electrons. The van der Waals surface area contributed by atoms with Crippen LogP contribution in [0, 0.1) is 6.92 Å². The van der Waals surface area contributed by atoms with Crippen LogP contribution in [0.15, 0.2) is 146 Å². The third-order valence-electron chi connectivity index (χ3n) is 18.3. The van der Waals surface area contributed by atoms with Crippen molar-refractivity contribution in [3.05, 3.63) is 212 Å². The van der Waals surface area contributed by atoms with Gasteiger partial charge in [-0.3, -0.25) is 57.5 Å². The number of ketones is 8. The van der Waals surface area contributed by atoms with Crippen LogP contribution in [0.4, 0.5) is 0 Å². The van der Waals surface area contributed by atoms with Crippen molar-refractivity contribution in [3.63, 3.8) is 0 Å². The van der Waals surface area contributed by atoms with Crippen LogP contribution in [-0.2, 0) is 141 Å². The molecule has 0 aromatic heterocycles. The van der Waals surface area contributed by atoms with E-state index in [4.69, 9.17) is 33.5 Å². The molecule has 8 N–H and O–H groups in total. The smallest absolute Gasteiger partial charge is 0.362 e. The van der Waals surface area contributed by atoms with Crippen molar-refractivity contribution < 1.29 is 162 Å². The summed E-state index contributed by atoms with van der Waals surface area (Å²) in [6, 6.07) is 38.4. The van der Waals surface area contributed by atoms with Crippen molar-refractivity contribution in [2.24, 2.45) is 0 Å².